The molecule has 2 aromatic carbocycles. The predicted molar refractivity (Wildman–Crippen MR) is 81.8 cm³/mol. The Labute approximate surface area is 120 Å². The molecule has 0 fully saturated rings. The van der Waals surface area contributed by atoms with Crippen LogP contribution in [0.1, 0.15) is 10.4 Å². The van der Waals surface area contributed by atoms with Gasteiger partial charge in [-0.25, -0.2) is 9.67 Å². The van der Waals surface area contributed by atoms with Crippen LogP contribution in [0.4, 0.5) is 0 Å². The first-order chi connectivity index (χ1) is 10.4. The molecule has 4 nitrogen and oxygen atoms in total. The van der Waals surface area contributed by atoms with Crippen LogP contribution in [0.15, 0.2) is 60.8 Å². The molecule has 4 heteroatoms. The number of carbonyl (C=O) groups is 1. The van der Waals surface area contributed by atoms with Crippen LogP contribution in [0.5, 0.6) is 0 Å². The number of para-hydroxylation sites is 2. The number of hydrogen-bond donors (Lipinski definition) is 0. The molecule has 0 atom stereocenters. The Kier molecular flexibility index (Phi) is 2.54. The summed E-state index contributed by atoms with van der Waals surface area (Å²) in [6.07, 6.45) is 2.60. The second-order valence-electron chi connectivity index (χ2n) is 4.83. The van der Waals surface area contributed by atoms with Crippen molar-refractivity contribution in [1.82, 2.24) is 14.8 Å². The summed E-state index contributed by atoms with van der Waals surface area (Å²) in [6.45, 7) is 0. The number of hydrogen-bond acceptors (Lipinski definition) is 3. The Morgan fingerprint density at radius 1 is 0.952 bits per heavy atom. The van der Waals surface area contributed by atoms with Gasteiger partial charge in [-0.2, -0.15) is 5.10 Å². The number of aldehydes is 1. The smallest absolute Gasteiger partial charge is 0.165 e. The molecule has 100 valence electrons. The van der Waals surface area contributed by atoms with E-state index in [9.17, 15) is 4.79 Å². The average molecular weight is 273 g/mol. The maximum atomic E-state index is 11.4. The largest absolute Gasteiger partial charge is 0.298 e. The number of aromatic nitrogens is 3. The molecule has 4 aromatic rings. The van der Waals surface area contributed by atoms with Gasteiger partial charge in [0.25, 0.3) is 0 Å². The van der Waals surface area contributed by atoms with Crippen LogP contribution in [-0.4, -0.2) is 21.1 Å². The van der Waals surface area contributed by atoms with Crippen LogP contribution in [0.25, 0.3) is 27.6 Å². The van der Waals surface area contributed by atoms with E-state index in [1.165, 1.54) is 0 Å². The summed E-state index contributed by atoms with van der Waals surface area (Å²) in [7, 11) is 0. The van der Waals surface area contributed by atoms with Gasteiger partial charge in [-0.3, -0.25) is 4.79 Å². The second-order valence-corrected chi connectivity index (χ2v) is 4.83. The summed E-state index contributed by atoms with van der Waals surface area (Å²) >= 11 is 0. The van der Waals surface area contributed by atoms with Crippen LogP contribution in [0.2, 0.25) is 0 Å². The second kappa shape index (κ2) is 4.52. The summed E-state index contributed by atoms with van der Waals surface area (Å²) in [4.78, 5) is 16.0. The highest BCUT2D eigenvalue weighted by atomic mass is 16.1. The molecule has 0 aliphatic heterocycles. The lowest BCUT2D eigenvalue weighted by molar-refractivity contribution is 0.112. The molecule has 4 rings (SSSR count). The topological polar surface area (TPSA) is 47.8 Å². The van der Waals surface area contributed by atoms with Gasteiger partial charge in [0.2, 0.25) is 0 Å². The molecule has 0 bridgehead atoms. The average Bonchev–Trinajstić information content (AvgIpc) is 2.97. The van der Waals surface area contributed by atoms with Crippen molar-refractivity contribution in [3.63, 3.8) is 0 Å². The van der Waals surface area contributed by atoms with Crippen molar-refractivity contribution in [1.29, 1.82) is 0 Å². The summed E-state index contributed by atoms with van der Waals surface area (Å²) < 4.78 is 1.71. The van der Waals surface area contributed by atoms with Crippen molar-refractivity contribution >= 4 is 28.1 Å². The zero-order valence-electron chi connectivity index (χ0n) is 11.1. The lowest BCUT2D eigenvalue weighted by Crippen LogP contribution is -2.04. The molecule has 0 radical (unpaired) electrons. The van der Waals surface area contributed by atoms with E-state index in [0.717, 1.165) is 28.1 Å². The first-order valence-electron chi connectivity index (χ1n) is 6.65. The molecule has 0 N–H and O–H groups in total. The van der Waals surface area contributed by atoms with E-state index in [1.54, 1.807) is 10.9 Å². The Balaban J connectivity index is 2.07. The van der Waals surface area contributed by atoms with Crippen molar-refractivity contribution in [3.05, 3.63) is 66.4 Å². The van der Waals surface area contributed by atoms with Crippen LogP contribution >= 0.6 is 0 Å². The molecule has 0 saturated carbocycles. The monoisotopic (exact) mass is 273 g/mol. The van der Waals surface area contributed by atoms with Crippen LogP contribution in [0, 0.1) is 0 Å². The van der Waals surface area contributed by atoms with Gasteiger partial charge in [0.1, 0.15) is 0 Å². The summed E-state index contributed by atoms with van der Waals surface area (Å²) in [5, 5.41) is 6.34. The van der Waals surface area contributed by atoms with Gasteiger partial charge in [0.15, 0.2) is 12.1 Å². The molecule has 0 amide bonds. The van der Waals surface area contributed by atoms with Crippen molar-refractivity contribution in [3.8, 4) is 5.82 Å². The predicted octanol–water partition coefficient (Wildman–Crippen LogP) is 3.39. The Bertz CT molecular complexity index is 972. The fourth-order valence-corrected chi connectivity index (χ4v) is 2.52. The molecule has 2 aromatic heterocycles. The number of rotatable bonds is 2. The van der Waals surface area contributed by atoms with Gasteiger partial charge in [0, 0.05) is 10.8 Å². The quantitative estimate of drug-likeness (QED) is 0.526. The van der Waals surface area contributed by atoms with E-state index in [0.29, 0.717) is 11.4 Å². The van der Waals surface area contributed by atoms with Gasteiger partial charge in [-0.05, 0) is 18.2 Å². The lowest BCUT2D eigenvalue weighted by Gasteiger charge is -2.07. The minimum absolute atomic E-state index is 0.530. The van der Waals surface area contributed by atoms with Gasteiger partial charge in [-0.1, -0.05) is 36.4 Å². The third kappa shape index (κ3) is 1.80. The van der Waals surface area contributed by atoms with E-state index < -0.39 is 0 Å². The molecule has 0 saturated heterocycles. The number of fused-ring (bicyclic) bond motifs is 2. The fraction of sp³-hybridized carbons (Fsp3) is 0. The fourth-order valence-electron chi connectivity index (χ4n) is 2.52. The minimum Gasteiger partial charge on any atom is -0.298 e. The van der Waals surface area contributed by atoms with E-state index in [-0.39, 0.29) is 0 Å². The van der Waals surface area contributed by atoms with Gasteiger partial charge >= 0.3 is 0 Å². The van der Waals surface area contributed by atoms with Crippen molar-refractivity contribution < 1.29 is 4.79 Å². The van der Waals surface area contributed by atoms with Gasteiger partial charge in [-0.15, -0.1) is 0 Å². The zero-order valence-corrected chi connectivity index (χ0v) is 11.1. The molecule has 21 heavy (non-hydrogen) atoms. The highest BCUT2D eigenvalue weighted by Crippen LogP contribution is 2.22. The SMILES string of the molecule is O=Cc1cc2ccccc2nc1-n1ncc2ccccc21. The summed E-state index contributed by atoms with van der Waals surface area (Å²) in [5.41, 5.74) is 2.31. The van der Waals surface area contributed by atoms with Crippen molar-refractivity contribution in [2.24, 2.45) is 0 Å². The minimum atomic E-state index is 0.530. The maximum absolute atomic E-state index is 11.4. The van der Waals surface area contributed by atoms with Crippen LogP contribution in [-0.2, 0) is 0 Å². The number of pyridine rings is 1. The molecular formula is C17H11N3O. The molecule has 0 unspecified atom stereocenters. The third-order valence-corrected chi connectivity index (χ3v) is 3.54. The zero-order chi connectivity index (χ0) is 14.2. The summed E-state index contributed by atoms with van der Waals surface area (Å²) in [6, 6.07) is 17.4. The van der Waals surface area contributed by atoms with E-state index in [1.807, 2.05) is 54.6 Å². The first-order valence-corrected chi connectivity index (χ1v) is 6.65. The van der Waals surface area contributed by atoms with Crippen LogP contribution in [0.3, 0.4) is 0 Å². The van der Waals surface area contributed by atoms with Gasteiger partial charge in [0.05, 0.1) is 22.8 Å². The Morgan fingerprint density at radius 3 is 2.57 bits per heavy atom. The van der Waals surface area contributed by atoms with Crippen molar-refractivity contribution in [2.45, 2.75) is 0 Å². The lowest BCUT2D eigenvalue weighted by atomic mass is 10.1. The van der Waals surface area contributed by atoms with Gasteiger partial charge < -0.3 is 0 Å². The molecule has 0 spiro atoms. The molecule has 0 aliphatic carbocycles. The Hall–Kier alpha value is -3.01. The number of nitrogens with zero attached hydrogens (tertiary/aromatic N) is 3. The number of benzene rings is 2. The highest BCUT2D eigenvalue weighted by Gasteiger charge is 2.11. The Morgan fingerprint density at radius 2 is 1.71 bits per heavy atom. The normalized spacial score (nSPS) is 11.0. The summed E-state index contributed by atoms with van der Waals surface area (Å²) in [5.74, 6) is 0.560. The first kappa shape index (κ1) is 11.8. The third-order valence-electron chi connectivity index (χ3n) is 3.54. The maximum Gasteiger partial charge on any atom is 0.165 e. The standard InChI is InChI=1S/C17H11N3O/c21-11-14-9-12-5-1-3-7-15(12)19-17(14)20-16-8-4-2-6-13(16)10-18-20/h1-11H. The molecule has 2 heterocycles. The van der Waals surface area contributed by atoms with E-state index in [4.69, 9.17) is 0 Å². The highest BCUT2D eigenvalue weighted by molar-refractivity contribution is 5.91. The molecular weight excluding hydrogens is 262 g/mol. The van der Waals surface area contributed by atoms with Crippen molar-refractivity contribution in [2.75, 3.05) is 0 Å². The molecule has 0 aliphatic rings. The number of carbonyl (C=O) groups excluding carboxylic acids is 1. The van der Waals surface area contributed by atoms with E-state index >= 15 is 0 Å². The van der Waals surface area contributed by atoms with Crippen LogP contribution < -0.4 is 0 Å². The van der Waals surface area contributed by atoms with E-state index in [2.05, 4.69) is 10.1 Å².